The second-order valence-corrected chi connectivity index (χ2v) is 19.1. The molecular weight excluding hydrogens is 591 g/mol. The second-order valence-electron chi connectivity index (χ2n) is 14.8. The number of carbonyl (C=O) groups excluding carboxylic acids is 2. The smallest absolute Gasteiger partial charge is 0.407 e. The Kier molecular flexibility index (Phi) is 11.1. The van der Waals surface area contributed by atoms with Gasteiger partial charge in [-0.15, -0.1) is 0 Å². The molecule has 3 aromatic rings. The summed E-state index contributed by atoms with van der Waals surface area (Å²) >= 11 is 0. The van der Waals surface area contributed by atoms with Crippen molar-refractivity contribution in [2.24, 2.45) is 5.92 Å². The largest absolute Gasteiger partial charge is 0.444 e. The van der Waals surface area contributed by atoms with Gasteiger partial charge in [-0.25, -0.2) is 4.79 Å². The number of carbonyl (C=O) groups is 2. The van der Waals surface area contributed by atoms with Crippen molar-refractivity contribution in [3.8, 4) is 0 Å². The van der Waals surface area contributed by atoms with Crippen molar-refractivity contribution >= 4 is 36.4 Å². The topological polar surface area (TPSA) is 79.9 Å². The predicted octanol–water partition coefficient (Wildman–Crippen LogP) is 5.83. The molecule has 2 amide bonds. The van der Waals surface area contributed by atoms with Gasteiger partial charge < -0.3 is 24.7 Å². The Labute approximate surface area is 277 Å². The molecular formula is C38H53N3O4Si. The van der Waals surface area contributed by atoms with E-state index >= 15 is 0 Å². The molecule has 0 spiro atoms. The molecule has 248 valence electrons. The summed E-state index contributed by atoms with van der Waals surface area (Å²) in [5.74, 6) is 0.0999. The van der Waals surface area contributed by atoms with Crippen LogP contribution in [-0.4, -0.2) is 58.2 Å². The molecule has 0 unspecified atom stereocenters. The molecule has 1 aliphatic rings. The van der Waals surface area contributed by atoms with Gasteiger partial charge in [-0.1, -0.05) is 107 Å². The van der Waals surface area contributed by atoms with E-state index in [0.29, 0.717) is 26.0 Å². The van der Waals surface area contributed by atoms with Gasteiger partial charge in [0.15, 0.2) is 0 Å². The van der Waals surface area contributed by atoms with Crippen LogP contribution in [0.2, 0.25) is 5.04 Å². The third-order valence-corrected chi connectivity index (χ3v) is 13.7. The first kappa shape index (κ1) is 35.2. The number of anilines is 1. The Morgan fingerprint density at radius 3 is 2.07 bits per heavy atom. The van der Waals surface area contributed by atoms with E-state index in [4.69, 9.17) is 9.16 Å². The average molecular weight is 644 g/mol. The maximum Gasteiger partial charge on any atom is 0.407 e. The number of ether oxygens (including phenoxy) is 1. The van der Waals surface area contributed by atoms with Crippen LogP contribution in [0.1, 0.15) is 66.5 Å². The molecule has 0 bridgehead atoms. The zero-order valence-corrected chi connectivity index (χ0v) is 30.1. The second kappa shape index (κ2) is 14.4. The van der Waals surface area contributed by atoms with E-state index in [1.165, 1.54) is 10.4 Å². The predicted molar refractivity (Wildman–Crippen MR) is 191 cm³/mol. The van der Waals surface area contributed by atoms with E-state index in [1.807, 2.05) is 40.0 Å². The molecule has 1 aliphatic heterocycles. The molecule has 4 rings (SSSR count). The molecule has 1 heterocycles. The van der Waals surface area contributed by atoms with Crippen molar-refractivity contribution in [3.63, 3.8) is 0 Å². The number of likely N-dealkylation sites (N-methyl/N-ethyl adjacent to an activating group) is 1. The Hall–Kier alpha value is -3.62. The summed E-state index contributed by atoms with van der Waals surface area (Å²) < 4.78 is 12.7. The maximum absolute atomic E-state index is 13.9. The summed E-state index contributed by atoms with van der Waals surface area (Å²) in [7, 11) is -0.778. The highest BCUT2D eigenvalue weighted by atomic mass is 28.4. The fourth-order valence-electron chi connectivity index (χ4n) is 6.66. The third kappa shape index (κ3) is 8.20. The van der Waals surface area contributed by atoms with Gasteiger partial charge >= 0.3 is 6.09 Å². The summed E-state index contributed by atoms with van der Waals surface area (Å²) in [6.07, 6.45) is 0.876. The first-order chi connectivity index (χ1) is 21.6. The number of nitrogens with one attached hydrogen (secondary N) is 2. The van der Waals surface area contributed by atoms with Gasteiger partial charge in [0.2, 0.25) is 5.91 Å². The van der Waals surface area contributed by atoms with Gasteiger partial charge in [0.1, 0.15) is 11.6 Å². The van der Waals surface area contributed by atoms with Crippen LogP contribution in [0.15, 0.2) is 78.9 Å². The summed E-state index contributed by atoms with van der Waals surface area (Å²) in [5, 5.41) is 8.52. The normalized spacial score (nSPS) is 17.5. The summed E-state index contributed by atoms with van der Waals surface area (Å²) in [5.41, 5.74) is 2.75. The first-order valence-electron chi connectivity index (χ1n) is 16.5. The highest BCUT2D eigenvalue weighted by Gasteiger charge is 2.50. The van der Waals surface area contributed by atoms with Crippen LogP contribution in [0.3, 0.4) is 0 Å². The van der Waals surface area contributed by atoms with Gasteiger partial charge in [-0.3, -0.25) is 4.79 Å². The van der Waals surface area contributed by atoms with Gasteiger partial charge in [-0.05, 0) is 72.1 Å². The highest BCUT2D eigenvalue weighted by Crippen LogP contribution is 2.37. The molecule has 0 aromatic heterocycles. The van der Waals surface area contributed by atoms with Crippen molar-refractivity contribution in [2.75, 3.05) is 25.1 Å². The van der Waals surface area contributed by atoms with Crippen LogP contribution < -0.4 is 25.9 Å². The molecule has 8 heteroatoms. The van der Waals surface area contributed by atoms with E-state index < -0.39 is 20.0 Å². The van der Waals surface area contributed by atoms with E-state index in [9.17, 15) is 9.59 Å². The van der Waals surface area contributed by atoms with Crippen molar-refractivity contribution in [1.82, 2.24) is 10.6 Å². The summed E-state index contributed by atoms with van der Waals surface area (Å²) in [4.78, 5) is 28.2. The van der Waals surface area contributed by atoms with Crippen molar-refractivity contribution in [2.45, 2.75) is 91.0 Å². The Bertz CT molecular complexity index is 1430. The SMILES string of the molecule is CC(C)[C@H]1C(=O)N[C@H](CO[Si](c2ccccc2)(c2ccccc2)C(C)(C)C)Cc2ccc(CCNC(=O)OC(C)(C)C)cc2N1C. The van der Waals surface area contributed by atoms with E-state index in [1.54, 1.807) is 0 Å². The molecule has 3 aromatic carbocycles. The number of amides is 2. The Morgan fingerprint density at radius 2 is 1.54 bits per heavy atom. The molecule has 2 atom stereocenters. The average Bonchev–Trinajstić information content (AvgIpc) is 2.96. The Morgan fingerprint density at radius 1 is 0.957 bits per heavy atom. The van der Waals surface area contributed by atoms with Crippen LogP contribution in [0.25, 0.3) is 0 Å². The lowest BCUT2D eigenvalue weighted by molar-refractivity contribution is -0.124. The van der Waals surface area contributed by atoms with Gasteiger partial charge in [0.05, 0.1) is 12.6 Å². The fraction of sp³-hybridized carbons (Fsp3) is 0.474. The Balaban J connectivity index is 1.65. The number of alkyl carbamates (subject to hydrolysis) is 1. The lowest BCUT2D eigenvalue weighted by Gasteiger charge is -2.44. The monoisotopic (exact) mass is 643 g/mol. The quantitative estimate of drug-likeness (QED) is 0.287. The molecule has 0 saturated carbocycles. The number of hydrogen-bond acceptors (Lipinski definition) is 5. The highest BCUT2D eigenvalue weighted by molar-refractivity contribution is 6.99. The fourth-order valence-corrected chi connectivity index (χ4v) is 11.3. The van der Waals surface area contributed by atoms with Crippen molar-refractivity contribution < 1.29 is 18.8 Å². The molecule has 0 saturated heterocycles. The molecule has 7 nitrogen and oxygen atoms in total. The van der Waals surface area contributed by atoms with E-state index in [0.717, 1.165) is 16.8 Å². The molecule has 2 N–H and O–H groups in total. The number of benzene rings is 3. The minimum Gasteiger partial charge on any atom is -0.444 e. The third-order valence-electron chi connectivity index (χ3n) is 8.66. The molecule has 0 radical (unpaired) electrons. The first-order valence-corrected chi connectivity index (χ1v) is 18.4. The zero-order chi connectivity index (χ0) is 33.7. The lowest BCUT2D eigenvalue weighted by atomic mass is 9.94. The molecule has 0 aliphatic carbocycles. The van der Waals surface area contributed by atoms with Crippen LogP contribution >= 0.6 is 0 Å². The van der Waals surface area contributed by atoms with Crippen molar-refractivity contribution in [1.29, 1.82) is 0 Å². The zero-order valence-electron chi connectivity index (χ0n) is 29.1. The lowest BCUT2D eigenvalue weighted by Crippen LogP contribution is -2.67. The van der Waals surface area contributed by atoms with Crippen LogP contribution in [0.4, 0.5) is 10.5 Å². The summed E-state index contributed by atoms with van der Waals surface area (Å²) in [6.45, 7) is 17.4. The van der Waals surface area contributed by atoms with E-state index in [2.05, 4.69) is 117 Å². The standard InChI is InChI=1S/C38H53N3O4Si/c1-27(2)34-35(42)40-30(25-29-21-20-28(24-33(29)41(34)9)22-23-39-36(43)45-37(3,4)5)26-44-46(38(6,7)8,31-16-12-10-13-17-31)32-18-14-11-15-19-32/h10-21,24,27,30,34H,22-23,25-26H2,1-9H3,(H,39,43)(H,40,42)/t30-,34-/m0/s1. The van der Waals surface area contributed by atoms with Crippen molar-refractivity contribution in [3.05, 3.63) is 90.0 Å². The summed E-state index contributed by atoms with van der Waals surface area (Å²) in [6, 6.07) is 27.1. The number of hydrogen-bond donors (Lipinski definition) is 2. The van der Waals surface area contributed by atoms with Gasteiger partial charge in [-0.2, -0.15) is 0 Å². The van der Waals surface area contributed by atoms with Gasteiger partial charge in [0.25, 0.3) is 8.32 Å². The van der Waals surface area contributed by atoms with Crippen LogP contribution in [0.5, 0.6) is 0 Å². The number of rotatable bonds is 9. The van der Waals surface area contributed by atoms with Gasteiger partial charge in [0, 0.05) is 19.3 Å². The number of nitrogens with zero attached hydrogens (tertiary/aromatic N) is 1. The minimum absolute atomic E-state index is 0.0104. The molecule has 46 heavy (non-hydrogen) atoms. The maximum atomic E-state index is 13.9. The van der Waals surface area contributed by atoms with Crippen LogP contribution in [0, 0.1) is 5.92 Å². The molecule has 0 fully saturated rings. The minimum atomic E-state index is -2.78. The van der Waals surface area contributed by atoms with Crippen LogP contribution in [-0.2, 0) is 26.8 Å². The number of fused-ring (bicyclic) bond motifs is 1. The van der Waals surface area contributed by atoms with E-state index in [-0.39, 0.29) is 28.9 Å².